The molecule has 1 aromatic rings. The van der Waals surface area contributed by atoms with Crippen LogP contribution in [0.2, 0.25) is 0 Å². The van der Waals surface area contributed by atoms with Crippen molar-refractivity contribution in [3.05, 3.63) is 11.8 Å². The Morgan fingerprint density at radius 3 is 2.44 bits per heavy atom. The summed E-state index contributed by atoms with van der Waals surface area (Å²) in [6.45, 7) is 4.67. The molecule has 0 amide bonds. The van der Waals surface area contributed by atoms with Gasteiger partial charge < -0.3 is 10.6 Å². The van der Waals surface area contributed by atoms with E-state index in [0.29, 0.717) is 12.5 Å². The first-order chi connectivity index (χ1) is 8.32. The van der Waals surface area contributed by atoms with Crippen molar-refractivity contribution in [1.82, 2.24) is 9.97 Å². The normalized spacial score (nSPS) is 11.7. The highest BCUT2D eigenvalue weighted by Gasteiger charge is 2.33. The first-order valence-corrected chi connectivity index (χ1v) is 5.71. The van der Waals surface area contributed by atoms with Crippen LogP contribution >= 0.6 is 0 Å². The third kappa shape index (κ3) is 4.38. The Balaban J connectivity index is 2.84. The second kappa shape index (κ2) is 5.88. The maximum absolute atomic E-state index is 12.6. The number of nitrogens with one attached hydrogen (secondary N) is 2. The number of anilines is 2. The van der Waals surface area contributed by atoms with E-state index in [-0.39, 0.29) is 11.8 Å². The quantitative estimate of drug-likeness (QED) is 0.856. The summed E-state index contributed by atoms with van der Waals surface area (Å²) in [7, 11) is 1.48. The Hall–Kier alpha value is -1.53. The first-order valence-electron chi connectivity index (χ1n) is 5.71. The van der Waals surface area contributed by atoms with E-state index >= 15 is 0 Å². The molecule has 0 unspecified atom stereocenters. The Morgan fingerprint density at radius 2 is 1.94 bits per heavy atom. The lowest BCUT2D eigenvalue weighted by Gasteiger charge is -2.12. The first kappa shape index (κ1) is 14.5. The molecule has 102 valence electrons. The fraction of sp³-hybridized carbons (Fsp3) is 0.636. The lowest BCUT2D eigenvalue weighted by atomic mass is 10.1. The monoisotopic (exact) mass is 262 g/mol. The molecule has 0 radical (unpaired) electrons. The Kier molecular flexibility index (Phi) is 4.75. The van der Waals surface area contributed by atoms with Gasteiger partial charge >= 0.3 is 6.18 Å². The van der Waals surface area contributed by atoms with E-state index in [9.17, 15) is 13.2 Å². The second-order valence-electron chi connectivity index (χ2n) is 4.32. The van der Waals surface area contributed by atoms with Gasteiger partial charge in [0.2, 0.25) is 5.95 Å². The highest BCUT2D eigenvalue weighted by molar-refractivity contribution is 5.42. The molecule has 2 N–H and O–H groups in total. The van der Waals surface area contributed by atoms with Crippen LogP contribution in [0, 0.1) is 5.92 Å². The minimum absolute atomic E-state index is 0.0446. The van der Waals surface area contributed by atoms with Crippen molar-refractivity contribution in [2.24, 2.45) is 5.92 Å². The molecule has 0 spiro atoms. The van der Waals surface area contributed by atoms with E-state index in [0.717, 1.165) is 12.5 Å². The number of halogens is 3. The molecular formula is C11H17F3N4. The summed E-state index contributed by atoms with van der Waals surface area (Å²) in [4.78, 5) is 7.31. The zero-order valence-corrected chi connectivity index (χ0v) is 10.6. The third-order valence-electron chi connectivity index (χ3n) is 2.27. The molecule has 0 aliphatic heterocycles. The summed E-state index contributed by atoms with van der Waals surface area (Å²) < 4.78 is 37.8. The smallest absolute Gasteiger partial charge is 0.370 e. The van der Waals surface area contributed by atoms with Crippen LogP contribution in [0.3, 0.4) is 0 Å². The van der Waals surface area contributed by atoms with Crippen molar-refractivity contribution in [3.8, 4) is 0 Å². The van der Waals surface area contributed by atoms with Crippen molar-refractivity contribution in [1.29, 1.82) is 0 Å². The maximum Gasteiger partial charge on any atom is 0.433 e. The zero-order chi connectivity index (χ0) is 13.8. The lowest BCUT2D eigenvalue weighted by molar-refractivity contribution is -0.141. The van der Waals surface area contributed by atoms with Crippen LogP contribution in [0.5, 0.6) is 0 Å². The summed E-state index contributed by atoms with van der Waals surface area (Å²) in [6.07, 6.45) is -3.61. The van der Waals surface area contributed by atoms with Gasteiger partial charge in [-0.1, -0.05) is 13.8 Å². The molecule has 7 heteroatoms. The third-order valence-corrected chi connectivity index (χ3v) is 2.27. The summed E-state index contributed by atoms with van der Waals surface area (Å²) in [5, 5.41) is 5.39. The Labute approximate surface area is 104 Å². The van der Waals surface area contributed by atoms with E-state index in [2.05, 4.69) is 20.6 Å². The van der Waals surface area contributed by atoms with Crippen molar-refractivity contribution in [3.63, 3.8) is 0 Å². The predicted octanol–water partition coefficient (Wildman–Crippen LogP) is 3.00. The molecule has 1 rings (SSSR count). The summed E-state index contributed by atoms with van der Waals surface area (Å²) >= 11 is 0. The highest BCUT2D eigenvalue weighted by atomic mass is 19.4. The number of alkyl halides is 3. The molecule has 0 bridgehead atoms. The average molecular weight is 262 g/mol. The predicted molar refractivity (Wildman–Crippen MR) is 64.5 cm³/mol. The summed E-state index contributed by atoms with van der Waals surface area (Å²) in [6, 6.07) is 0.918. The lowest BCUT2D eigenvalue weighted by Crippen LogP contribution is -2.14. The Bertz CT molecular complexity index is 390. The molecule has 0 saturated carbocycles. The van der Waals surface area contributed by atoms with Gasteiger partial charge in [0.05, 0.1) is 0 Å². The molecule has 1 aromatic heterocycles. The molecule has 0 aromatic carbocycles. The molecular weight excluding hydrogens is 245 g/mol. The zero-order valence-electron chi connectivity index (χ0n) is 10.6. The average Bonchev–Trinajstić information content (AvgIpc) is 2.27. The maximum atomic E-state index is 12.6. The van der Waals surface area contributed by atoms with Crippen LogP contribution in [0.15, 0.2) is 6.07 Å². The van der Waals surface area contributed by atoms with Gasteiger partial charge in [0.15, 0.2) is 5.69 Å². The topological polar surface area (TPSA) is 49.8 Å². The molecule has 0 saturated heterocycles. The van der Waals surface area contributed by atoms with Crippen LogP contribution in [0.4, 0.5) is 24.9 Å². The van der Waals surface area contributed by atoms with Gasteiger partial charge in [0.1, 0.15) is 5.82 Å². The van der Waals surface area contributed by atoms with Gasteiger partial charge in [-0.3, -0.25) is 0 Å². The molecule has 1 heterocycles. The molecule has 18 heavy (non-hydrogen) atoms. The van der Waals surface area contributed by atoms with E-state index in [1.54, 1.807) is 0 Å². The highest BCUT2D eigenvalue weighted by Crippen LogP contribution is 2.29. The van der Waals surface area contributed by atoms with Gasteiger partial charge in [-0.15, -0.1) is 0 Å². The van der Waals surface area contributed by atoms with Crippen molar-refractivity contribution < 1.29 is 13.2 Å². The SMILES string of the molecule is CNc1nc(NCCC(C)C)cc(C(F)(F)F)n1. The number of aromatic nitrogens is 2. The minimum atomic E-state index is -4.47. The number of rotatable bonds is 5. The number of hydrogen-bond donors (Lipinski definition) is 2. The van der Waals surface area contributed by atoms with E-state index < -0.39 is 11.9 Å². The number of nitrogens with zero attached hydrogens (tertiary/aromatic N) is 2. The van der Waals surface area contributed by atoms with E-state index in [1.807, 2.05) is 13.8 Å². The standard InChI is InChI=1S/C11H17F3N4/c1-7(2)4-5-16-9-6-8(11(12,13)14)17-10(15-3)18-9/h6-7H,4-5H2,1-3H3,(H2,15,16,17,18). The second-order valence-corrected chi connectivity index (χ2v) is 4.32. The molecule has 0 atom stereocenters. The van der Waals surface area contributed by atoms with Gasteiger partial charge in [-0.2, -0.15) is 18.2 Å². The van der Waals surface area contributed by atoms with E-state index in [4.69, 9.17) is 0 Å². The Morgan fingerprint density at radius 1 is 1.28 bits per heavy atom. The van der Waals surface area contributed by atoms with Crippen LogP contribution in [0.25, 0.3) is 0 Å². The molecule has 0 aliphatic rings. The van der Waals surface area contributed by atoms with Gasteiger partial charge in [-0.25, -0.2) is 4.98 Å². The van der Waals surface area contributed by atoms with Crippen LogP contribution in [0.1, 0.15) is 26.0 Å². The van der Waals surface area contributed by atoms with Crippen molar-refractivity contribution in [2.45, 2.75) is 26.4 Å². The van der Waals surface area contributed by atoms with Crippen LogP contribution < -0.4 is 10.6 Å². The largest absolute Gasteiger partial charge is 0.433 e. The minimum Gasteiger partial charge on any atom is -0.370 e. The van der Waals surface area contributed by atoms with Gasteiger partial charge in [0, 0.05) is 19.7 Å². The molecule has 0 aliphatic carbocycles. The van der Waals surface area contributed by atoms with Crippen molar-refractivity contribution >= 4 is 11.8 Å². The fourth-order valence-corrected chi connectivity index (χ4v) is 1.28. The van der Waals surface area contributed by atoms with Gasteiger partial charge in [0.25, 0.3) is 0 Å². The van der Waals surface area contributed by atoms with E-state index in [1.165, 1.54) is 7.05 Å². The summed E-state index contributed by atoms with van der Waals surface area (Å²) in [5.41, 5.74) is -0.950. The summed E-state index contributed by atoms with van der Waals surface area (Å²) in [5.74, 6) is 0.615. The van der Waals surface area contributed by atoms with Crippen molar-refractivity contribution in [2.75, 3.05) is 24.2 Å². The molecule has 0 fully saturated rings. The molecule has 4 nitrogen and oxygen atoms in total. The fourth-order valence-electron chi connectivity index (χ4n) is 1.28. The van der Waals surface area contributed by atoms with Crippen LogP contribution in [-0.4, -0.2) is 23.6 Å². The van der Waals surface area contributed by atoms with Gasteiger partial charge in [-0.05, 0) is 12.3 Å². The van der Waals surface area contributed by atoms with Crippen LogP contribution in [-0.2, 0) is 6.18 Å². The number of hydrogen-bond acceptors (Lipinski definition) is 4.